The number of ether oxygens (including phenoxy) is 2. The molecule has 0 saturated heterocycles. The molecule has 0 spiro atoms. The van der Waals surface area contributed by atoms with Gasteiger partial charge in [0.25, 0.3) is 0 Å². The Morgan fingerprint density at radius 2 is 1.85 bits per heavy atom. The Morgan fingerprint density at radius 3 is 2.52 bits per heavy atom. The second-order valence-electron chi connectivity index (χ2n) is 6.42. The van der Waals surface area contributed by atoms with Crippen molar-refractivity contribution in [2.45, 2.75) is 16.2 Å². The third-order valence-electron chi connectivity index (χ3n) is 4.40. The number of sulfone groups is 1. The monoisotopic (exact) mass is 389 g/mol. The van der Waals surface area contributed by atoms with Gasteiger partial charge in [-0.3, -0.25) is 0 Å². The third-order valence-corrected chi connectivity index (χ3v) is 6.19. The number of fused-ring (bicyclic) bond motifs is 1. The minimum absolute atomic E-state index is 0.146. The summed E-state index contributed by atoms with van der Waals surface area (Å²) in [5.74, 6) is 0.843. The van der Waals surface area contributed by atoms with Gasteiger partial charge in [0.2, 0.25) is 9.84 Å². The fraction of sp³-hybridized carbons (Fsp3) is 0.316. The predicted molar refractivity (Wildman–Crippen MR) is 103 cm³/mol. The van der Waals surface area contributed by atoms with E-state index in [2.05, 4.69) is 14.9 Å². The summed E-state index contributed by atoms with van der Waals surface area (Å²) in [5.41, 5.74) is 1.48. The lowest BCUT2D eigenvalue weighted by atomic mass is 10.1. The highest BCUT2D eigenvalue weighted by atomic mass is 32.2. The van der Waals surface area contributed by atoms with Crippen molar-refractivity contribution in [3.8, 4) is 11.5 Å². The molecule has 3 aromatic rings. The maximum atomic E-state index is 13.4. The Bertz CT molecular complexity index is 1060. The van der Waals surface area contributed by atoms with Gasteiger partial charge >= 0.3 is 0 Å². The molecule has 1 aromatic carbocycles. The van der Waals surface area contributed by atoms with E-state index in [1.165, 1.54) is 32.5 Å². The van der Waals surface area contributed by atoms with E-state index in [1.54, 1.807) is 12.1 Å². The van der Waals surface area contributed by atoms with Crippen LogP contribution in [-0.4, -0.2) is 58.1 Å². The van der Waals surface area contributed by atoms with Crippen LogP contribution >= 0.6 is 0 Å². The molecule has 0 unspecified atom stereocenters. The molecule has 0 aliphatic rings. The number of benzene rings is 1. The van der Waals surface area contributed by atoms with Gasteiger partial charge in [0.05, 0.1) is 24.0 Å². The van der Waals surface area contributed by atoms with E-state index >= 15 is 0 Å². The summed E-state index contributed by atoms with van der Waals surface area (Å²) >= 11 is 0. The van der Waals surface area contributed by atoms with Crippen LogP contribution in [0.25, 0.3) is 11.0 Å². The Hall–Kier alpha value is -2.58. The van der Waals surface area contributed by atoms with Crippen LogP contribution < -0.4 is 9.47 Å². The smallest absolute Gasteiger partial charge is 0.207 e. The molecule has 2 heterocycles. The van der Waals surface area contributed by atoms with Crippen molar-refractivity contribution in [2.24, 2.45) is 0 Å². The Kier molecular flexibility index (Phi) is 5.38. The maximum absolute atomic E-state index is 13.4. The average molecular weight is 389 g/mol. The van der Waals surface area contributed by atoms with Crippen LogP contribution in [0.3, 0.4) is 0 Å². The molecule has 0 aliphatic heterocycles. The molecule has 144 valence electrons. The minimum Gasteiger partial charge on any atom is -0.493 e. The van der Waals surface area contributed by atoms with E-state index < -0.39 is 9.84 Å². The van der Waals surface area contributed by atoms with Crippen LogP contribution in [0, 0.1) is 0 Å². The van der Waals surface area contributed by atoms with E-state index in [0.29, 0.717) is 29.0 Å². The number of nitrogens with one attached hydrogen (secondary N) is 1. The second kappa shape index (κ2) is 7.58. The Morgan fingerprint density at radius 1 is 1.11 bits per heavy atom. The first-order chi connectivity index (χ1) is 12.9. The summed E-state index contributed by atoms with van der Waals surface area (Å²) in [6.45, 7) is 0.803. The summed E-state index contributed by atoms with van der Waals surface area (Å²) in [7, 11) is 3.18. The molecular formula is C19H23N3O4S. The molecule has 3 rings (SSSR count). The van der Waals surface area contributed by atoms with Crippen LogP contribution in [0.15, 0.2) is 46.5 Å². The molecule has 0 amide bonds. The highest BCUT2D eigenvalue weighted by Crippen LogP contribution is 2.34. The van der Waals surface area contributed by atoms with Gasteiger partial charge in [0.15, 0.2) is 11.5 Å². The van der Waals surface area contributed by atoms with Crippen molar-refractivity contribution in [3.63, 3.8) is 0 Å². The Labute approximate surface area is 158 Å². The fourth-order valence-electron chi connectivity index (χ4n) is 2.97. The van der Waals surface area contributed by atoms with Crippen LogP contribution in [0.4, 0.5) is 0 Å². The van der Waals surface area contributed by atoms with Crippen LogP contribution in [0.1, 0.15) is 5.56 Å². The van der Waals surface area contributed by atoms with E-state index in [0.717, 1.165) is 12.1 Å². The molecule has 2 aromatic heterocycles. The summed E-state index contributed by atoms with van der Waals surface area (Å²) in [6, 6.07) is 6.14. The van der Waals surface area contributed by atoms with Gasteiger partial charge in [-0.05, 0) is 44.3 Å². The lowest BCUT2D eigenvalue weighted by Gasteiger charge is -2.12. The van der Waals surface area contributed by atoms with E-state index in [-0.39, 0.29) is 9.79 Å². The molecule has 0 bridgehead atoms. The standard InChI is InChI=1S/C19H23N3O4S/c1-22(2)10-8-13-12-21-19-18(13)17(7-9-20-19)27(23,24)14-5-6-15(25-3)16(11-14)26-4/h5-7,9,11-12H,8,10H2,1-4H3,(H,20,21). The molecule has 0 aliphatic carbocycles. The van der Waals surface area contributed by atoms with Gasteiger partial charge < -0.3 is 19.4 Å². The number of hydrogen-bond donors (Lipinski definition) is 1. The lowest BCUT2D eigenvalue weighted by molar-refractivity contribution is 0.354. The number of methoxy groups -OCH3 is 2. The quantitative estimate of drug-likeness (QED) is 0.668. The van der Waals surface area contributed by atoms with Crippen LogP contribution in [-0.2, 0) is 16.3 Å². The summed E-state index contributed by atoms with van der Waals surface area (Å²) in [5, 5.41) is 0.633. The van der Waals surface area contributed by atoms with Crippen LogP contribution in [0.5, 0.6) is 11.5 Å². The molecular weight excluding hydrogens is 366 g/mol. The largest absolute Gasteiger partial charge is 0.493 e. The number of likely N-dealkylation sites (N-methyl/N-ethyl adjacent to an activating group) is 1. The van der Waals surface area contributed by atoms with Crippen molar-refractivity contribution in [1.82, 2.24) is 14.9 Å². The molecule has 7 nitrogen and oxygen atoms in total. The zero-order chi connectivity index (χ0) is 19.6. The fourth-order valence-corrected chi connectivity index (χ4v) is 4.47. The van der Waals surface area contributed by atoms with Crippen LogP contribution in [0.2, 0.25) is 0 Å². The van der Waals surface area contributed by atoms with E-state index in [4.69, 9.17) is 9.47 Å². The van der Waals surface area contributed by atoms with Gasteiger partial charge in [0, 0.05) is 30.4 Å². The first kappa shape index (κ1) is 19.2. The number of aromatic amines is 1. The molecule has 0 fully saturated rings. The first-order valence-corrected chi connectivity index (χ1v) is 9.93. The number of hydrogen-bond acceptors (Lipinski definition) is 6. The van der Waals surface area contributed by atoms with Gasteiger partial charge in [0.1, 0.15) is 5.65 Å². The average Bonchev–Trinajstić information content (AvgIpc) is 3.08. The summed E-state index contributed by atoms with van der Waals surface area (Å²) < 4.78 is 37.2. The third kappa shape index (κ3) is 3.63. The summed E-state index contributed by atoms with van der Waals surface area (Å²) in [4.78, 5) is 9.79. The van der Waals surface area contributed by atoms with Crippen molar-refractivity contribution in [2.75, 3.05) is 34.9 Å². The van der Waals surface area contributed by atoms with Gasteiger partial charge in [-0.25, -0.2) is 13.4 Å². The summed E-state index contributed by atoms with van der Waals surface area (Å²) in [6.07, 6.45) is 4.05. The van der Waals surface area contributed by atoms with Crippen molar-refractivity contribution < 1.29 is 17.9 Å². The highest BCUT2D eigenvalue weighted by molar-refractivity contribution is 7.91. The number of rotatable bonds is 7. The molecule has 0 radical (unpaired) electrons. The van der Waals surface area contributed by atoms with Gasteiger partial charge in [-0.15, -0.1) is 0 Å². The number of H-pyrrole nitrogens is 1. The topological polar surface area (TPSA) is 84.5 Å². The highest BCUT2D eigenvalue weighted by Gasteiger charge is 2.24. The Balaban J connectivity index is 2.14. The molecule has 0 saturated carbocycles. The van der Waals surface area contributed by atoms with E-state index in [1.807, 2.05) is 20.3 Å². The normalized spacial score (nSPS) is 11.9. The van der Waals surface area contributed by atoms with Gasteiger partial charge in [-0.2, -0.15) is 0 Å². The number of pyridine rings is 1. The first-order valence-electron chi connectivity index (χ1n) is 8.45. The zero-order valence-corrected chi connectivity index (χ0v) is 16.6. The van der Waals surface area contributed by atoms with Crippen molar-refractivity contribution in [1.29, 1.82) is 0 Å². The molecule has 1 N–H and O–H groups in total. The number of aromatic nitrogens is 2. The maximum Gasteiger partial charge on any atom is 0.207 e. The zero-order valence-electron chi connectivity index (χ0n) is 15.8. The van der Waals surface area contributed by atoms with E-state index in [9.17, 15) is 8.42 Å². The molecule has 27 heavy (non-hydrogen) atoms. The predicted octanol–water partition coefficient (Wildman–Crippen LogP) is 2.52. The molecule has 8 heteroatoms. The minimum atomic E-state index is -3.76. The lowest BCUT2D eigenvalue weighted by Crippen LogP contribution is -2.15. The van der Waals surface area contributed by atoms with Gasteiger partial charge in [-0.1, -0.05) is 0 Å². The van der Waals surface area contributed by atoms with Crippen molar-refractivity contribution >= 4 is 20.9 Å². The second-order valence-corrected chi connectivity index (χ2v) is 8.34. The number of nitrogens with zero attached hydrogens (tertiary/aromatic N) is 2. The SMILES string of the molecule is COc1ccc(S(=O)(=O)c2ccnc3[nH]cc(CCN(C)C)c23)cc1OC. The van der Waals surface area contributed by atoms with Crippen molar-refractivity contribution in [3.05, 3.63) is 42.2 Å². The molecule has 0 atom stereocenters.